The van der Waals surface area contributed by atoms with Crippen molar-refractivity contribution in [3.05, 3.63) is 11.6 Å². The summed E-state index contributed by atoms with van der Waals surface area (Å²) < 4.78 is 17.5. The molecule has 7 nitrogen and oxygen atoms in total. The Hall–Kier alpha value is -2.18. The van der Waals surface area contributed by atoms with Crippen molar-refractivity contribution in [2.75, 3.05) is 0 Å². The van der Waals surface area contributed by atoms with Gasteiger partial charge in [0.1, 0.15) is 18.3 Å². The van der Waals surface area contributed by atoms with Gasteiger partial charge in [0.15, 0.2) is 5.78 Å². The quantitative estimate of drug-likeness (QED) is 0.446. The summed E-state index contributed by atoms with van der Waals surface area (Å²) in [6, 6.07) is 0. The fourth-order valence-corrected chi connectivity index (χ4v) is 8.27. The molecular weight excluding hydrogens is 436 g/mol. The molecule has 7 heteroatoms. The summed E-state index contributed by atoms with van der Waals surface area (Å²) in [4.78, 5) is 48.6. The first kappa shape index (κ1) is 24.9. The molecule has 0 aromatic carbocycles. The number of hydrogen-bond donors (Lipinski definition) is 0. The van der Waals surface area contributed by atoms with Crippen LogP contribution in [0.3, 0.4) is 0 Å². The molecule has 34 heavy (non-hydrogen) atoms. The molecule has 0 spiro atoms. The van der Waals surface area contributed by atoms with E-state index in [0.29, 0.717) is 12.8 Å². The summed E-state index contributed by atoms with van der Waals surface area (Å²) in [5, 5.41) is 0. The minimum absolute atomic E-state index is 0.00595. The molecule has 9 unspecified atom stereocenters. The monoisotopic (exact) mass is 474 g/mol. The minimum atomic E-state index is -0.602. The fraction of sp³-hybridized carbons (Fsp3) is 0.778. The van der Waals surface area contributed by atoms with Crippen molar-refractivity contribution >= 4 is 23.7 Å². The lowest BCUT2D eigenvalue weighted by Crippen LogP contribution is -2.63. The van der Waals surface area contributed by atoms with Crippen LogP contribution in [0.5, 0.6) is 0 Å². The highest BCUT2D eigenvalue weighted by atomic mass is 16.6. The van der Waals surface area contributed by atoms with Crippen LogP contribution in [0.15, 0.2) is 11.6 Å². The first-order valence-corrected chi connectivity index (χ1v) is 12.6. The van der Waals surface area contributed by atoms with Crippen LogP contribution in [-0.2, 0) is 33.4 Å². The molecule has 188 valence electrons. The minimum Gasteiger partial charge on any atom is -0.463 e. The molecule has 0 radical (unpaired) electrons. The molecule has 3 saturated carbocycles. The zero-order valence-corrected chi connectivity index (χ0v) is 21.2. The van der Waals surface area contributed by atoms with E-state index in [1.165, 1.54) is 20.8 Å². The van der Waals surface area contributed by atoms with Crippen molar-refractivity contribution in [3.63, 3.8) is 0 Å². The van der Waals surface area contributed by atoms with E-state index < -0.39 is 11.5 Å². The normalized spacial score (nSPS) is 42.9. The first-order chi connectivity index (χ1) is 15.9. The molecule has 0 saturated heterocycles. The maximum Gasteiger partial charge on any atom is 0.302 e. The molecule has 0 aromatic rings. The molecule has 0 heterocycles. The van der Waals surface area contributed by atoms with Gasteiger partial charge < -0.3 is 14.2 Å². The van der Waals surface area contributed by atoms with Gasteiger partial charge in [-0.2, -0.15) is 0 Å². The maximum absolute atomic E-state index is 12.6. The van der Waals surface area contributed by atoms with Crippen LogP contribution in [0.4, 0.5) is 0 Å². The average Bonchev–Trinajstić information content (AvgIpc) is 3.07. The van der Waals surface area contributed by atoms with Gasteiger partial charge in [-0.1, -0.05) is 19.9 Å². The van der Waals surface area contributed by atoms with Gasteiger partial charge in [0.2, 0.25) is 0 Å². The maximum atomic E-state index is 12.6. The number of carbonyl (C=O) groups excluding carboxylic acids is 4. The molecule has 3 fully saturated rings. The largest absolute Gasteiger partial charge is 0.463 e. The standard InChI is InChI=1S/C27H38O7/c1-14(28)20-7-8-21-25-22(13-24(27(20,21)6)34-17(4)31)26(5)10-9-19(32-15(2)29)11-18(26)12-23(25)33-16(3)30/h7,18-19,21-25H,8-13H2,1-6H3. The molecule has 0 amide bonds. The van der Waals surface area contributed by atoms with Gasteiger partial charge in [-0.05, 0) is 68.6 Å². The number of esters is 3. The van der Waals surface area contributed by atoms with Crippen LogP contribution in [0, 0.1) is 34.5 Å². The summed E-state index contributed by atoms with van der Waals surface area (Å²) in [7, 11) is 0. The van der Waals surface area contributed by atoms with Crippen molar-refractivity contribution in [3.8, 4) is 0 Å². The molecule has 0 N–H and O–H groups in total. The van der Waals surface area contributed by atoms with Gasteiger partial charge in [-0.15, -0.1) is 0 Å². The molecule has 4 rings (SSSR count). The average molecular weight is 475 g/mol. The molecule has 9 atom stereocenters. The smallest absolute Gasteiger partial charge is 0.302 e. The van der Waals surface area contributed by atoms with Crippen LogP contribution in [0.25, 0.3) is 0 Å². The van der Waals surface area contributed by atoms with E-state index in [1.807, 2.05) is 6.08 Å². The number of rotatable bonds is 4. The molecule has 0 bridgehead atoms. The lowest BCUT2D eigenvalue weighted by molar-refractivity contribution is -0.214. The van der Waals surface area contributed by atoms with Crippen molar-refractivity contribution in [2.24, 2.45) is 34.5 Å². The van der Waals surface area contributed by atoms with Crippen molar-refractivity contribution in [2.45, 2.75) is 98.4 Å². The SMILES string of the molecule is CC(=O)OC1CCC2(C)C(C1)CC(OC(C)=O)C1C2CC(OC(C)=O)C2(C)C(C(C)=O)=CCC12. The Morgan fingerprint density at radius 3 is 2.09 bits per heavy atom. The number of fused-ring (bicyclic) bond motifs is 5. The van der Waals surface area contributed by atoms with Crippen LogP contribution in [0.1, 0.15) is 80.1 Å². The van der Waals surface area contributed by atoms with Crippen LogP contribution in [0.2, 0.25) is 0 Å². The van der Waals surface area contributed by atoms with Crippen molar-refractivity contribution in [1.82, 2.24) is 0 Å². The molecular formula is C27H38O7. The molecule has 4 aliphatic rings. The van der Waals surface area contributed by atoms with Crippen molar-refractivity contribution in [1.29, 1.82) is 0 Å². The van der Waals surface area contributed by atoms with E-state index in [1.54, 1.807) is 6.92 Å². The van der Waals surface area contributed by atoms with Gasteiger partial charge in [0.25, 0.3) is 0 Å². The number of hydrogen-bond acceptors (Lipinski definition) is 7. The zero-order valence-electron chi connectivity index (χ0n) is 21.2. The van der Waals surface area contributed by atoms with Crippen LogP contribution >= 0.6 is 0 Å². The third-order valence-electron chi connectivity index (χ3n) is 9.61. The highest BCUT2D eigenvalue weighted by molar-refractivity contribution is 5.95. The van der Waals surface area contributed by atoms with Gasteiger partial charge in [0.05, 0.1) is 0 Å². The van der Waals surface area contributed by atoms with E-state index >= 15 is 0 Å². The van der Waals surface area contributed by atoms with E-state index in [0.717, 1.165) is 31.3 Å². The number of Topliss-reactive ketones (excluding diaryl/α,β-unsaturated/α-hetero) is 1. The first-order valence-electron chi connectivity index (χ1n) is 12.6. The van der Waals surface area contributed by atoms with Crippen LogP contribution < -0.4 is 0 Å². The number of allylic oxidation sites excluding steroid dienone is 1. The number of ketones is 1. The summed E-state index contributed by atoms with van der Waals surface area (Å²) in [5.41, 5.74) is 0.0703. The molecule has 4 aliphatic carbocycles. The lowest BCUT2D eigenvalue weighted by atomic mass is 9.43. The second-order valence-electron chi connectivity index (χ2n) is 11.4. The lowest BCUT2D eigenvalue weighted by Gasteiger charge is -2.63. The Morgan fingerprint density at radius 1 is 0.853 bits per heavy atom. The Morgan fingerprint density at radius 2 is 1.50 bits per heavy atom. The number of ether oxygens (including phenoxy) is 3. The predicted octanol–water partition coefficient (Wildman–Crippen LogP) is 4.17. The molecule has 0 aliphatic heterocycles. The summed E-state index contributed by atoms with van der Waals surface area (Å²) >= 11 is 0. The van der Waals surface area contributed by atoms with Crippen LogP contribution in [-0.4, -0.2) is 42.0 Å². The molecule has 0 aromatic heterocycles. The summed E-state index contributed by atoms with van der Waals surface area (Å²) in [6.07, 6.45) is 5.70. The third kappa shape index (κ3) is 3.99. The topological polar surface area (TPSA) is 96.0 Å². The van der Waals surface area contributed by atoms with E-state index in [9.17, 15) is 19.2 Å². The summed E-state index contributed by atoms with van der Waals surface area (Å²) in [5.74, 6) is -0.408. The Balaban J connectivity index is 1.75. The second-order valence-corrected chi connectivity index (χ2v) is 11.4. The van der Waals surface area contributed by atoms with Gasteiger partial charge in [-0.3, -0.25) is 19.2 Å². The van der Waals surface area contributed by atoms with E-state index in [-0.39, 0.29) is 65.0 Å². The zero-order chi connectivity index (χ0) is 25.0. The Labute approximate surface area is 202 Å². The predicted molar refractivity (Wildman–Crippen MR) is 123 cm³/mol. The van der Waals surface area contributed by atoms with Gasteiger partial charge >= 0.3 is 17.9 Å². The summed E-state index contributed by atoms with van der Waals surface area (Å²) in [6.45, 7) is 10.3. The van der Waals surface area contributed by atoms with Gasteiger partial charge in [0, 0.05) is 37.7 Å². The third-order valence-corrected chi connectivity index (χ3v) is 9.61. The highest BCUT2D eigenvalue weighted by Crippen LogP contribution is 2.67. The fourth-order valence-electron chi connectivity index (χ4n) is 8.27. The van der Waals surface area contributed by atoms with E-state index in [2.05, 4.69) is 13.8 Å². The number of carbonyl (C=O) groups is 4. The van der Waals surface area contributed by atoms with E-state index in [4.69, 9.17) is 14.2 Å². The Kier molecular flexibility index (Phi) is 6.45. The van der Waals surface area contributed by atoms with Crippen molar-refractivity contribution < 1.29 is 33.4 Å². The van der Waals surface area contributed by atoms with Gasteiger partial charge in [-0.25, -0.2) is 0 Å². The highest BCUT2D eigenvalue weighted by Gasteiger charge is 2.66. The Bertz CT molecular complexity index is 922. The second kappa shape index (κ2) is 8.80.